The number of hydrogen-bond acceptors (Lipinski definition) is 1. The summed E-state index contributed by atoms with van der Waals surface area (Å²) < 4.78 is 0. The van der Waals surface area contributed by atoms with Crippen molar-refractivity contribution in [1.29, 1.82) is 0 Å². The van der Waals surface area contributed by atoms with Crippen molar-refractivity contribution in [2.45, 2.75) is 31.6 Å². The van der Waals surface area contributed by atoms with Crippen molar-refractivity contribution in [3.63, 3.8) is 0 Å². The van der Waals surface area contributed by atoms with Gasteiger partial charge in [0.05, 0.1) is 0 Å². The van der Waals surface area contributed by atoms with Crippen LogP contribution in [0.1, 0.15) is 37.2 Å². The molecule has 0 unspecified atom stereocenters. The molecule has 0 amide bonds. The maximum atomic E-state index is 6.38. The Kier molecular flexibility index (Phi) is 3.14. The molecule has 3 saturated carbocycles. The minimum absolute atomic E-state index is 0.612. The van der Waals surface area contributed by atoms with E-state index in [1.807, 2.05) is 12.1 Å². The first kappa shape index (κ1) is 11.6. The molecular weight excluding hydrogens is 230 g/mol. The molecule has 2 bridgehead atoms. The predicted molar refractivity (Wildman–Crippen MR) is 72.2 cm³/mol. The van der Waals surface area contributed by atoms with Crippen molar-refractivity contribution >= 4 is 11.6 Å². The van der Waals surface area contributed by atoms with Crippen LogP contribution in [0.15, 0.2) is 24.3 Å². The Hall–Kier alpha value is -0.530. The van der Waals surface area contributed by atoms with Gasteiger partial charge in [0.15, 0.2) is 0 Å². The lowest BCUT2D eigenvalue weighted by Gasteiger charge is -2.49. The zero-order valence-corrected chi connectivity index (χ0v) is 10.9. The fourth-order valence-electron chi connectivity index (χ4n) is 4.14. The number of hydrogen-bond donors (Lipinski definition) is 1. The SMILES string of the molecule is NC[C@@H]1C2CCC(CC2)[C@@H]1c1ccccc1Cl. The first-order chi connectivity index (χ1) is 8.31. The van der Waals surface area contributed by atoms with Gasteiger partial charge in [0.2, 0.25) is 0 Å². The molecule has 1 nitrogen and oxygen atoms in total. The van der Waals surface area contributed by atoms with E-state index < -0.39 is 0 Å². The van der Waals surface area contributed by atoms with E-state index in [0.717, 1.165) is 23.4 Å². The molecule has 0 aliphatic heterocycles. The average Bonchev–Trinajstić information content (AvgIpc) is 2.39. The van der Waals surface area contributed by atoms with Crippen molar-refractivity contribution in [1.82, 2.24) is 0 Å². The molecule has 3 fully saturated rings. The van der Waals surface area contributed by atoms with Crippen LogP contribution in [0.4, 0.5) is 0 Å². The summed E-state index contributed by atoms with van der Waals surface area (Å²) in [6.45, 7) is 0.817. The molecule has 0 aromatic heterocycles. The van der Waals surface area contributed by atoms with E-state index >= 15 is 0 Å². The molecule has 1 aromatic carbocycles. The summed E-state index contributed by atoms with van der Waals surface area (Å²) in [5, 5.41) is 0.934. The summed E-state index contributed by atoms with van der Waals surface area (Å²) in [5.41, 5.74) is 7.37. The fourth-order valence-corrected chi connectivity index (χ4v) is 4.41. The van der Waals surface area contributed by atoms with Crippen LogP contribution in [-0.2, 0) is 0 Å². The molecule has 17 heavy (non-hydrogen) atoms. The van der Waals surface area contributed by atoms with Crippen LogP contribution in [-0.4, -0.2) is 6.54 Å². The largest absolute Gasteiger partial charge is 0.330 e. The van der Waals surface area contributed by atoms with Crippen molar-refractivity contribution in [2.75, 3.05) is 6.54 Å². The number of rotatable bonds is 2. The Morgan fingerprint density at radius 3 is 2.35 bits per heavy atom. The molecule has 92 valence electrons. The monoisotopic (exact) mass is 249 g/mol. The van der Waals surface area contributed by atoms with Crippen LogP contribution in [0.3, 0.4) is 0 Å². The number of halogens is 1. The van der Waals surface area contributed by atoms with Gasteiger partial charge in [-0.1, -0.05) is 29.8 Å². The third-order valence-corrected chi connectivity index (χ3v) is 5.27. The summed E-state index contributed by atoms with van der Waals surface area (Å²) in [7, 11) is 0. The Morgan fingerprint density at radius 1 is 1.06 bits per heavy atom. The van der Waals surface area contributed by atoms with Crippen LogP contribution in [0.5, 0.6) is 0 Å². The van der Waals surface area contributed by atoms with Gasteiger partial charge in [-0.2, -0.15) is 0 Å². The molecule has 0 radical (unpaired) electrons. The predicted octanol–water partition coefficient (Wildman–Crippen LogP) is 3.82. The molecule has 3 aliphatic carbocycles. The second-order valence-electron chi connectivity index (χ2n) is 5.62. The maximum Gasteiger partial charge on any atom is 0.0441 e. The van der Waals surface area contributed by atoms with E-state index in [0.29, 0.717) is 11.8 Å². The van der Waals surface area contributed by atoms with Gasteiger partial charge in [-0.3, -0.25) is 0 Å². The highest BCUT2D eigenvalue weighted by molar-refractivity contribution is 6.31. The normalized spacial score (nSPS) is 36.1. The van der Waals surface area contributed by atoms with E-state index in [2.05, 4.69) is 12.1 Å². The zero-order chi connectivity index (χ0) is 11.8. The van der Waals surface area contributed by atoms with E-state index in [4.69, 9.17) is 17.3 Å². The van der Waals surface area contributed by atoms with Crippen LogP contribution in [0.2, 0.25) is 5.02 Å². The zero-order valence-electron chi connectivity index (χ0n) is 10.1. The lowest BCUT2D eigenvalue weighted by Crippen LogP contribution is -2.42. The van der Waals surface area contributed by atoms with Gasteiger partial charge in [-0.05, 0) is 67.5 Å². The highest BCUT2D eigenvalue weighted by Crippen LogP contribution is 2.53. The quantitative estimate of drug-likeness (QED) is 0.847. The molecule has 0 spiro atoms. The highest BCUT2D eigenvalue weighted by Gasteiger charge is 2.43. The summed E-state index contributed by atoms with van der Waals surface area (Å²) in [4.78, 5) is 0. The van der Waals surface area contributed by atoms with Crippen LogP contribution in [0.25, 0.3) is 0 Å². The molecule has 0 saturated heterocycles. The highest BCUT2D eigenvalue weighted by atomic mass is 35.5. The number of nitrogens with two attached hydrogens (primary N) is 1. The molecule has 2 N–H and O–H groups in total. The van der Waals surface area contributed by atoms with Crippen LogP contribution >= 0.6 is 11.6 Å². The smallest absolute Gasteiger partial charge is 0.0441 e. The van der Waals surface area contributed by atoms with Gasteiger partial charge in [-0.15, -0.1) is 0 Å². The van der Waals surface area contributed by atoms with Crippen molar-refractivity contribution in [2.24, 2.45) is 23.5 Å². The lowest BCUT2D eigenvalue weighted by atomic mass is 9.57. The molecule has 0 heterocycles. The topological polar surface area (TPSA) is 26.0 Å². The van der Waals surface area contributed by atoms with Gasteiger partial charge in [0, 0.05) is 5.02 Å². The minimum atomic E-state index is 0.612. The first-order valence-corrected chi connectivity index (χ1v) is 7.13. The van der Waals surface area contributed by atoms with Crippen LogP contribution in [0, 0.1) is 17.8 Å². The minimum Gasteiger partial charge on any atom is -0.330 e. The second-order valence-corrected chi connectivity index (χ2v) is 6.03. The molecular formula is C15H20ClN. The second kappa shape index (κ2) is 4.62. The van der Waals surface area contributed by atoms with Gasteiger partial charge in [-0.25, -0.2) is 0 Å². The summed E-state index contributed by atoms with van der Waals surface area (Å²) in [6.07, 6.45) is 5.51. The van der Waals surface area contributed by atoms with E-state index in [1.54, 1.807) is 0 Å². The summed E-state index contributed by atoms with van der Waals surface area (Å²) in [6, 6.07) is 8.35. The molecule has 2 atom stereocenters. The van der Waals surface area contributed by atoms with Gasteiger partial charge in [0.1, 0.15) is 0 Å². The average molecular weight is 250 g/mol. The Bertz CT molecular complexity index is 396. The molecule has 3 aliphatic rings. The van der Waals surface area contributed by atoms with Gasteiger partial charge < -0.3 is 5.73 Å². The fraction of sp³-hybridized carbons (Fsp3) is 0.600. The lowest BCUT2D eigenvalue weighted by molar-refractivity contribution is 0.0732. The first-order valence-electron chi connectivity index (χ1n) is 6.75. The maximum absolute atomic E-state index is 6.38. The van der Waals surface area contributed by atoms with E-state index in [9.17, 15) is 0 Å². The van der Waals surface area contributed by atoms with Crippen molar-refractivity contribution in [3.05, 3.63) is 34.9 Å². The standard InChI is InChI=1S/C15H20ClN/c16-14-4-2-1-3-12(14)15-11-7-5-10(6-8-11)13(15)9-17/h1-4,10-11,13,15H,5-9,17H2/t10?,11?,13-,15-/m1/s1. The van der Waals surface area contributed by atoms with Crippen LogP contribution < -0.4 is 5.73 Å². The van der Waals surface area contributed by atoms with Crippen molar-refractivity contribution in [3.8, 4) is 0 Å². The molecule has 2 heteroatoms. The summed E-state index contributed by atoms with van der Waals surface area (Å²) >= 11 is 6.38. The van der Waals surface area contributed by atoms with E-state index in [-0.39, 0.29) is 0 Å². The van der Waals surface area contributed by atoms with E-state index in [1.165, 1.54) is 31.2 Å². The molecule has 1 aromatic rings. The van der Waals surface area contributed by atoms with Gasteiger partial charge in [0.25, 0.3) is 0 Å². The van der Waals surface area contributed by atoms with Gasteiger partial charge >= 0.3 is 0 Å². The summed E-state index contributed by atoms with van der Waals surface area (Å²) in [5.74, 6) is 2.92. The Balaban J connectivity index is 1.98. The number of fused-ring (bicyclic) bond motifs is 3. The Labute approximate surface area is 108 Å². The third kappa shape index (κ3) is 1.90. The number of benzene rings is 1. The Morgan fingerprint density at radius 2 is 1.71 bits per heavy atom. The van der Waals surface area contributed by atoms with Crippen molar-refractivity contribution < 1.29 is 0 Å². The molecule has 4 rings (SSSR count). The third-order valence-electron chi connectivity index (χ3n) is 4.93.